The molecule has 2 aromatic rings. The number of nitrogens with one attached hydrogen (secondary N) is 2. The molecule has 0 atom stereocenters. The molecule has 7 nitrogen and oxygen atoms in total. The second-order valence-corrected chi connectivity index (χ2v) is 7.86. The molecule has 1 aliphatic rings. The summed E-state index contributed by atoms with van der Waals surface area (Å²) in [6, 6.07) is 14.8. The van der Waals surface area contributed by atoms with Gasteiger partial charge in [0.25, 0.3) is 11.8 Å². The molecular formula is C25H34N4O3. The van der Waals surface area contributed by atoms with Gasteiger partial charge in [0.05, 0.1) is 5.56 Å². The van der Waals surface area contributed by atoms with Crippen molar-refractivity contribution in [3.63, 3.8) is 0 Å². The van der Waals surface area contributed by atoms with Gasteiger partial charge < -0.3 is 25.2 Å². The topological polar surface area (TPSA) is 73.9 Å². The van der Waals surface area contributed by atoms with Crippen molar-refractivity contribution in [2.45, 2.75) is 26.7 Å². The highest BCUT2D eigenvalue weighted by Gasteiger charge is 2.20. The molecule has 2 aromatic carbocycles. The summed E-state index contributed by atoms with van der Waals surface area (Å²) in [6.07, 6.45) is 2.25. The number of para-hydroxylation sites is 1. The van der Waals surface area contributed by atoms with Crippen LogP contribution in [0, 0.1) is 0 Å². The molecule has 7 heteroatoms. The van der Waals surface area contributed by atoms with Gasteiger partial charge in [0.2, 0.25) is 0 Å². The summed E-state index contributed by atoms with van der Waals surface area (Å²) >= 11 is 0. The average Bonchev–Trinajstić information content (AvgIpc) is 3.36. The summed E-state index contributed by atoms with van der Waals surface area (Å²) < 4.78 is 5.52. The number of benzene rings is 2. The lowest BCUT2D eigenvalue weighted by atomic mass is 10.1. The van der Waals surface area contributed by atoms with Crippen molar-refractivity contribution in [3.05, 3.63) is 54.1 Å². The Balaban J connectivity index is 1.66. The standard InChI is InChI=1S/C25H34N4O3/c1-3-28(4-2)17-14-26-25(31)22-18-20(12-13-23(22)29-15-8-9-16-29)27-24(30)19-32-21-10-6-5-7-11-21/h5-7,10-13,18H,3-4,8-9,14-17,19H2,1-2H3,(H,26,31)(H,27,30). The number of likely N-dealkylation sites (N-methyl/N-ethyl adjacent to an activating group) is 1. The molecule has 0 spiro atoms. The summed E-state index contributed by atoms with van der Waals surface area (Å²) in [5.74, 6) is 0.256. The van der Waals surface area contributed by atoms with Gasteiger partial charge in [-0.05, 0) is 56.3 Å². The van der Waals surface area contributed by atoms with E-state index in [0.717, 1.165) is 51.3 Å². The molecule has 1 heterocycles. The van der Waals surface area contributed by atoms with Crippen LogP contribution in [0.1, 0.15) is 37.0 Å². The Morgan fingerprint density at radius 1 is 1.03 bits per heavy atom. The summed E-state index contributed by atoms with van der Waals surface area (Å²) in [5.41, 5.74) is 2.10. The summed E-state index contributed by atoms with van der Waals surface area (Å²) in [7, 11) is 0. The number of hydrogen-bond donors (Lipinski definition) is 2. The highest BCUT2D eigenvalue weighted by molar-refractivity contribution is 6.02. The van der Waals surface area contributed by atoms with Gasteiger partial charge in [0.1, 0.15) is 5.75 Å². The molecule has 1 aliphatic heterocycles. The summed E-state index contributed by atoms with van der Waals surface area (Å²) in [5, 5.41) is 5.89. The molecule has 2 amide bonds. The summed E-state index contributed by atoms with van der Waals surface area (Å²) in [4.78, 5) is 29.9. The number of carbonyl (C=O) groups is 2. The minimum Gasteiger partial charge on any atom is -0.484 e. The maximum atomic E-state index is 13.0. The molecule has 0 unspecified atom stereocenters. The highest BCUT2D eigenvalue weighted by atomic mass is 16.5. The van der Waals surface area contributed by atoms with Crippen LogP contribution in [0.3, 0.4) is 0 Å². The number of anilines is 2. The largest absolute Gasteiger partial charge is 0.484 e. The van der Waals surface area contributed by atoms with E-state index in [9.17, 15) is 9.59 Å². The van der Waals surface area contributed by atoms with Gasteiger partial charge in [-0.2, -0.15) is 0 Å². The normalized spacial score (nSPS) is 13.3. The van der Waals surface area contributed by atoms with E-state index in [1.54, 1.807) is 18.2 Å². The Morgan fingerprint density at radius 3 is 2.44 bits per heavy atom. The molecule has 0 aliphatic carbocycles. The zero-order valence-electron chi connectivity index (χ0n) is 19.1. The van der Waals surface area contributed by atoms with Crippen molar-refractivity contribution in [1.82, 2.24) is 10.2 Å². The van der Waals surface area contributed by atoms with Gasteiger partial charge in [0.15, 0.2) is 6.61 Å². The van der Waals surface area contributed by atoms with Gasteiger partial charge in [0, 0.05) is 37.6 Å². The summed E-state index contributed by atoms with van der Waals surface area (Å²) in [6.45, 7) is 9.33. The Labute approximate surface area is 190 Å². The van der Waals surface area contributed by atoms with E-state index in [-0.39, 0.29) is 18.4 Å². The van der Waals surface area contributed by atoms with Crippen LogP contribution in [0.4, 0.5) is 11.4 Å². The number of nitrogens with zero attached hydrogens (tertiary/aromatic N) is 2. The van der Waals surface area contributed by atoms with Crippen LogP contribution in [-0.4, -0.2) is 62.6 Å². The van der Waals surface area contributed by atoms with Crippen LogP contribution in [0.15, 0.2) is 48.5 Å². The zero-order valence-corrected chi connectivity index (χ0v) is 19.1. The predicted octanol–water partition coefficient (Wildman–Crippen LogP) is 3.38. The number of ether oxygens (including phenoxy) is 1. The minimum absolute atomic E-state index is 0.0940. The molecular weight excluding hydrogens is 404 g/mol. The van der Waals surface area contributed by atoms with Crippen molar-refractivity contribution >= 4 is 23.2 Å². The van der Waals surface area contributed by atoms with Crippen molar-refractivity contribution in [2.24, 2.45) is 0 Å². The van der Waals surface area contributed by atoms with Crippen molar-refractivity contribution < 1.29 is 14.3 Å². The van der Waals surface area contributed by atoms with Gasteiger partial charge in [-0.3, -0.25) is 9.59 Å². The second kappa shape index (κ2) is 12.1. The molecule has 1 saturated heterocycles. The van der Waals surface area contributed by atoms with E-state index in [1.165, 1.54) is 0 Å². The second-order valence-electron chi connectivity index (χ2n) is 7.86. The minimum atomic E-state index is -0.268. The third kappa shape index (κ3) is 6.72. The van der Waals surface area contributed by atoms with Crippen LogP contribution < -0.4 is 20.3 Å². The van der Waals surface area contributed by atoms with Crippen LogP contribution in [-0.2, 0) is 4.79 Å². The molecule has 32 heavy (non-hydrogen) atoms. The first-order chi connectivity index (χ1) is 15.6. The lowest BCUT2D eigenvalue weighted by Crippen LogP contribution is -2.35. The average molecular weight is 439 g/mol. The first kappa shape index (κ1) is 23.6. The van der Waals surface area contributed by atoms with Crippen LogP contribution in [0.5, 0.6) is 5.75 Å². The third-order valence-corrected chi connectivity index (χ3v) is 5.69. The Bertz CT molecular complexity index is 878. The lowest BCUT2D eigenvalue weighted by Gasteiger charge is -2.23. The van der Waals surface area contributed by atoms with Crippen molar-refractivity contribution in [1.29, 1.82) is 0 Å². The van der Waals surface area contributed by atoms with E-state index < -0.39 is 0 Å². The van der Waals surface area contributed by atoms with E-state index in [4.69, 9.17) is 4.74 Å². The Kier molecular flexibility index (Phi) is 8.92. The molecule has 3 rings (SSSR count). The van der Waals surface area contributed by atoms with E-state index in [2.05, 4.69) is 34.3 Å². The molecule has 0 aromatic heterocycles. The fraction of sp³-hybridized carbons (Fsp3) is 0.440. The van der Waals surface area contributed by atoms with Crippen molar-refractivity contribution in [2.75, 3.05) is 56.1 Å². The number of amides is 2. The maximum absolute atomic E-state index is 13.0. The van der Waals surface area contributed by atoms with Crippen LogP contribution in [0.25, 0.3) is 0 Å². The lowest BCUT2D eigenvalue weighted by molar-refractivity contribution is -0.118. The van der Waals surface area contributed by atoms with Crippen LogP contribution in [0.2, 0.25) is 0 Å². The van der Waals surface area contributed by atoms with Crippen molar-refractivity contribution in [3.8, 4) is 5.75 Å². The Morgan fingerprint density at radius 2 is 1.75 bits per heavy atom. The fourth-order valence-corrected chi connectivity index (χ4v) is 3.85. The molecule has 0 saturated carbocycles. The fourth-order valence-electron chi connectivity index (χ4n) is 3.85. The van der Waals surface area contributed by atoms with E-state index in [0.29, 0.717) is 23.5 Å². The molecule has 2 N–H and O–H groups in total. The van der Waals surface area contributed by atoms with Gasteiger partial charge in [-0.25, -0.2) is 0 Å². The van der Waals surface area contributed by atoms with Gasteiger partial charge in [-0.15, -0.1) is 0 Å². The first-order valence-electron chi connectivity index (χ1n) is 11.5. The number of carbonyl (C=O) groups excluding carboxylic acids is 2. The first-order valence-corrected chi connectivity index (χ1v) is 11.5. The Hall–Kier alpha value is -3.06. The predicted molar refractivity (Wildman–Crippen MR) is 129 cm³/mol. The van der Waals surface area contributed by atoms with E-state index >= 15 is 0 Å². The maximum Gasteiger partial charge on any atom is 0.262 e. The highest BCUT2D eigenvalue weighted by Crippen LogP contribution is 2.27. The van der Waals surface area contributed by atoms with Gasteiger partial charge in [-0.1, -0.05) is 32.0 Å². The quantitative estimate of drug-likeness (QED) is 0.563. The molecule has 0 bridgehead atoms. The SMILES string of the molecule is CCN(CC)CCNC(=O)c1cc(NC(=O)COc2ccccc2)ccc1N1CCCC1. The monoisotopic (exact) mass is 438 g/mol. The number of hydrogen-bond acceptors (Lipinski definition) is 5. The number of rotatable bonds is 11. The molecule has 172 valence electrons. The zero-order chi connectivity index (χ0) is 22.8. The molecule has 0 radical (unpaired) electrons. The van der Waals surface area contributed by atoms with Gasteiger partial charge >= 0.3 is 0 Å². The third-order valence-electron chi connectivity index (χ3n) is 5.69. The van der Waals surface area contributed by atoms with E-state index in [1.807, 2.05) is 30.3 Å². The smallest absolute Gasteiger partial charge is 0.262 e. The van der Waals surface area contributed by atoms with Crippen LogP contribution >= 0.6 is 0 Å². The molecule has 1 fully saturated rings.